The highest BCUT2D eigenvalue weighted by Crippen LogP contribution is 2.29. The molecule has 0 saturated heterocycles. The molecule has 0 aliphatic carbocycles. The molecule has 2 aromatic carbocycles. The largest absolute Gasteiger partial charge is 0.459 e. The van der Waals surface area contributed by atoms with Crippen molar-refractivity contribution in [2.45, 2.75) is 38.4 Å². The maximum Gasteiger partial charge on any atom is 0.326 e. The summed E-state index contributed by atoms with van der Waals surface area (Å²) in [6, 6.07) is 13.9. The summed E-state index contributed by atoms with van der Waals surface area (Å²) in [5.74, 6) is -0.686. The van der Waals surface area contributed by atoms with Crippen LogP contribution in [0, 0.1) is 0 Å². The van der Waals surface area contributed by atoms with Gasteiger partial charge in [0, 0.05) is 23.5 Å². The predicted octanol–water partition coefficient (Wildman–Crippen LogP) is 3.94. The van der Waals surface area contributed by atoms with Crippen LogP contribution in [0.2, 0.25) is 0 Å². The molecule has 8 heteroatoms. The molecule has 1 amide bonds. The van der Waals surface area contributed by atoms with Gasteiger partial charge in [0.1, 0.15) is 29.0 Å². The Bertz CT molecular complexity index is 1190. The lowest BCUT2D eigenvalue weighted by molar-refractivity contribution is -0.159. The lowest BCUT2D eigenvalue weighted by Gasteiger charge is -2.35. The van der Waals surface area contributed by atoms with E-state index >= 15 is 0 Å². The molecule has 1 unspecified atom stereocenters. The van der Waals surface area contributed by atoms with Crippen molar-refractivity contribution in [1.29, 1.82) is 0 Å². The number of amides is 1. The number of carbonyl (C=O) groups is 2. The molecule has 0 radical (unpaired) electrons. The quantitative estimate of drug-likeness (QED) is 0.547. The highest BCUT2D eigenvalue weighted by molar-refractivity contribution is 7.99. The van der Waals surface area contributed by atoms with Crippen LogP contribution in [0.25, 0.3) is 21.9 Å². The second-order valence-electron chi connectivity index (χ2n) is 8.61. The zero-order valence-electron chi connectivity index (χ0n) is 18.6. The van der Waals surface area contributed by atoms with Crippen LogP contribution in [-0.2, 0) is 20.9 Å². The van der Waals surface area contributed by atoms with Crippen molar-refractivity contribution in [2.75, 3.05) is 12.8 Å². The SMILES string of the molecule is CSC1NC=C(NCc2ccc3oc4ccccc4c3c2)C(=O)N1CC(=O)OC(C)(C)C. The van der Waals surface area contributed by atoms with Crippen LogP contribution in [0.3, 0.4) is 0 Å². The number of rotatable bonds is 6. The summed E-state index contributed by atoms with van der Waals surface area (Å²) in [6.07, 6.45) is 3.55. The maximum absolute atomic E-state index is 13.1. The van der Waals surface area contributed by atoms with Gasteiger partial charge in [-0.05, 0) is 50.8 Å². The van der Waals surface area contributed by atoms with Gasteiger partial charge in [-0.3, -0.25) is 14.5 Å². The summed E-state index contributed by atoms with van der Waals surface area (Å²) in [4.78, 5) is 26.9. The normalized spacial score (nSPS) is 16.8. The molecule has 2 heterocycles. The Balaban J connectivity index is 1.48. The molecule has 32 heavy (non-hydrogen) atoms. The zero-order chi connectivity index (χ0) is 22.9. The van der Waals surface area contributed by atoms with Crippen molar-refractivity contribution in [2.24, 2.45) is 0 Å². The fourth-order valence-electron chi connectivity index (χ4n) is 3.64. The van der Waals surface area contributed by atoms with Crippen LogP contribution in [0.5, 0.6) is 0 Å². The van der Waals surface area contributed by atoms with Gasteiger partial charge in [-0.2, -0.15) is 0 Å². The van der Waals surface area contributed by atoms with E-state index in [2.05, 4.69) is 16.7 Å². The van der Waals surface area contributed by atoms with Crippen LogP contribution >= 0.6 is 11.8 Å². The van der Waals surface area contributed by atoms with Crippen molar-refractivity contribution in [3.05, 3.63) is 59.9 Å². The lowest BCUT2D eigenvalue weighted by Crippen LogP contribution is -2.53. The van der Waals surface area contributed by atoms with E-state index in [4.69, 9.17) is 9.15 Å². The first-order valence-corrected chi connectivity index (χ1v) is 11.7. The Morgan fingerprint density at radius 2 is 1.94 bits per heavy atom. The maximum atomic E-state index is 13.1. The van der Waals surface area contributed by atoms with Gasteiger partial charge in [-0.1, -0.05) is 24.3 Å². The summed E-state index contributed by atoms with van der Waals surface area (Å²) in [7, 11) is 0. The van der Waals surface area contributed by atoms with E-state index in [-0.39, 0.29) is 17.9 Å². The fourth-order valence-corrected chi connectivity index (χ4v) is 4.27. The number of thioether (sulfide) groups is 1. The van der Waals surface area contributed by atoms with Crippen LogP contribution in [0.4, 0.5) is 0 Å². The third kappa shape index (κ3) is 4.70. The molecule has 1 aromatic heterocycles. The molecule has 0 fully saturated rings. The van der Waals surface area contributed by atoms with Gasteiger partial charge in [0.2, 0.25) is 0 Å². The van der Waals surface area contributed by atoms with Gasteiger partial charge in [0.15, 0.2) is 5.50 Å². The molecule has 0 saturated carbocycles. The number of para-hydroxylation sites is 1. The monoisotopic (exact) mass is 453 g/mol. The molecule has 1 aliphatic rings. The second kappa shape index (κ2) is 8.78. The topological polar surface area (TPSA) is 83.8 Å². The standard InChI is InChI=1S/C24H27N3O4S/c1-24(2,3)31-21(28)14-27-22(29)18(13-26-23(27)32-4)25-12-15-9-10-20-17(11-15)16-7-5-6-8-19(16)30-20/h5-11,13,23,25-26H,12,14H2,1-4H3. The Morgan fingerprint density at radius 3 is 2.69 bits per heavy atom. The van der Waals surface area contributed by atoms with E-state index in [9.17, 15) is 9.59 Å². The van der Waals surface area contributed by atoms with Crippen molar-refractivity contribution in [3.8, 4) is 0 Å². The minimum atomic E-state index is -0.606. The number of carbonyl (C=O) groups excluding carboxylic acids is 2. The third-order valence-corrected chi connectivity index (χ3v) is 5.85. The smallest absolute Gasteiger partial charge is 0.326 e. The fraction of sp³-hybridized carbons (Fsp3) is 0.333. The van der Waals surface area contributed by atoms with Crippen molar-refractivity contribution >= 4 is 45.6 Å². The van der Waals surface area contributed by atoms with Crippen LogP contribution in [0.1, 0.15) is 26.3 Å². The average molecular weight is 454 g/mol. The Labute approximate surface area is 191 Å². The number of hydrogen-bond acceptors (Lipinski definition) is 7. The van der Waals surface area contributed by atoms with E-state index in [1.165, 1.54) is 16.7 Å². The van der Waals surface area contributed by atoms with E-state index in [0.29, 0.717) is 12.2 Å². The first-order valence-electron chi connectivity index (χ1n) is 10.4. The number of nitrogens with zero attached hydrogens (tertiary/aromatic N) is 1. The summed E-state index contributed by atoms with van der Waals surface area (Å²) < 4.78 is 11.3. The van der Waals surface area contributed by atoms with Crippen molar-refractivity contribution in [3.63, 3.8) is 0 Å². The first kappa shape index (κ1) is 22.1. The molecule has 3 aromatic rings. The molecule has 1 aliphatic heterocycles. The first-order chi connectivity index (χ1) is 15.2. The van der Waals surface area contributed by atoms with Crippen molar-refractivity contribution in [1.82, 2.24) is 15.5 Å². The Morgan fingerprint density at radius 1 is 1.19 bits per heavy atom. The molecule has 0 bridgehead atoms. The molecule has 7 nitrogen and oxygen atoms in total. The lowest BCUT2D eigenvalue weighted by atomic mass is 10.1. The van der Waals surface area contributed by atoms with E-state index in [1.807, 2.05) is 42.7 Å². The second-order valence-corrected chi connectivity index (χ2v) is 9.53. The average Bonchev–Trinajstić information content (AvgIpc) is 3.11. The highest BCUT2D eigenvalue weighted by Gasteiger charge is 2.32. The molecular weight excluding hydrogens is 426 g/mol. The van der Waals surface area contributed by atoms with Gasteiger partial charge in [-0.15, -0.1) is 11.8 Å². The molecule has 168 valence electrons. The van der Waals surface area contributed by atoms with Crippen molar-refractivity contribution < 1.29 is 18.7 Å². The zero-order valence-corrected chi connectivity index (χ0v) is 19.4. The summed E-state index contributed by atoms with van der Waals surface area (Å²) >= 11 is 1.44. The number of benzene rings is 2. The Kier molecular flexibility index (Phi) is 6.06. The molecule has 0 spiro atoms. The predicted molar refractivity (Wildman–Crippen MR) is 127 cm³/mol. The number of hydrogen-bond donors (Lipinski definition) is 2. The Hall–Kier alpha value is -3.13. The highest BCUT2D eigenvalue weighted by atomic mass is 32.2. The summed E-state index contributed by atoms with van der Waals surface area (Å²) in [6.45, 7) is 5.75. The van der Waals surface area contributed by atoms with Crippen LogP contribution < -0.4 is 10.6 Å². The number of esters is 1. The number of furan rings is 1. The van der Waals surface area contributed by atoms with Gasteiger partial charge >= 0.3 is 5.97 Å². The summed E-state index contributed by atoms with van der Waals surface area (Å²) in [5, 5.41) is 8.48. The number of ether oxygens (including phenoxy) is 1. The van der Waals surface area contributed by atoms with Gasteiger partial charge < -0.3 is 19.8 Å². The number of nitrogens with one attached hydrogen (secondary N) is 2. The minimum Gasteiger partial charge on any atom is -0.459 e. The van der Waals surface area contributed by atoms with Gasteiger partial charge in [0.05, 0.1) is 0 Å². The van der Waals surface area contributed by atoms with Gasteiger partial charge in [0.25, 0.3) is 5.91 Å². The third-order valence-electron chi connectivity index (χ3n) is 5.01. The van der Waals surface area contributed by atoms with E-state index in [1.54, 1.807) is 27.0 Å². The van der Waals surface area contributed by atoms with E-state index in [0.717, 1.165) is 27.5 Å². The molecule has 1 atom stereocenters. The number of fused-ring (bicyclic) bond motifs is 3. The van der Waals surface area contributed by atoms with Gasteiger partial charge in [-0.25, -0.2) is 0 Å². The van der Waals surface area contributed by atoms with Crippen LogP contribution in [-0.4, -0.2) is 40.7 Å². The molecule has 4 rings (SSSR count). The minimum absolute atomic E-state index is 0.124. The van der Waals surface area contributed by atoms with E-state index < -0.39 is 11.6 Å². The van der Waals surface area contributed by atoms with Crippen LogP contribution in [0.15, 0.2) is 58.8 Å². The molecule has 2 N–H and O–H groups in total. The summed E-state index contributed by atoms with van der Waals surface area (Å²) in [5.41, 5.74) is 2.15. The molecular formula is C24H27N3O4S.